The first-order valence-corrected chi connectivity index (χ1v) is 16.0. The van der Waals surface area contributed by atoms with E-state index < -0.39 is 5.54 Å². The van der Waals surface area contributed by atoms with Crippen LogP contribution in [0.15, 0.2) is 146 Å². The van der Waals surface area contributed by atoms with Crippen LogP contribution in [0.4, 0.5) is 15.8 Å². The Balaban J connectivity index is 1.55. The molecule has 0 bridgehead atoms. The van der Waals surface area contributed by atoms with Crippen molar-refractivity contribution in [2.45, 2.75) is 32.0 Å². The number of nitrogens with one attached hydrogen (secondary N) is 3. The van der Waals surface area contributed by atoms with Crippen molar-refractivity contribution in [2.75, 3.05) is 5.32 Å². The second kappa shape index (κ2) is 14.4. The lowest BCUT2D eigenvalue weighted by Gasteiger charge is -2.38. The third-order valence-electron chi connectivity index (χ3n) is 8.78. The van der Waals surface area contributed by atoms with Crippen LogP contribution in [0.5, 0.6) is 0 Å². The zero-order valence-corrected chi connectivity index (χ0v) is 27.2. The molecule has 0 aliphatic rings. The van der Waals surface area contributed by atoms with E-state index in [1.54, 1.807) is 36.5 Å². The average molecular weight is 650 g/mol. The Morgan fingerprint density at radius 2 is 1.39 bits per heavy atom. The lowest BCUT2D eigenvalue weighted by Crippen LogP contribution is -2.38. The molecule has 5 aromatic carbocycles. The number of pyridine rings is 1. The Kier molecular flexibility index (Phi) is 9.69. The molecular formula is C41H36FN5O2. The number of aromatic nitrogens is 1. The Hall–Kier alpha value is -5.99. The van der Waals surface area contributed by atoms with Gasteiger partial charge in [-0.25, -0.2) is 4.39 Å². The van der Waals surface area contributed by atoms with E-state index in [0.29, 0.717) is 22.4 Å². The van der Waals surface area contributed by atoms with Crippen LogP contribution in [0, 0.1) is 28.3 Å². The van der Waals surface area contributed by atoms with Gasteiger partial charge in [-0.2, -0.15) is 0 Å². The molecule has 0 radical (unpaired) electrons. The highest BCUT2D eigenvalue weighted by Crippen LogP contribution is 2.42. The lowest BCUT2D eigenvalue weighted by atomic mass is 9.76. The number of hydrogen-bond donors (Lipinski definition) is 3. The second-order valence-electron chi connectivity index (χ2n) is 12.0. The number of nitro groups is 1. The van der Waals surface area contributed by atoms with Gasteiger partial charge >= 0.3 is 0 Å². The molecule has 6 rings (SSSR count). The average Bonchev–Trinajstić information content (AvgIpc) is 3.14. The van der Waals surface area contributed by atoms with Gasteiger partial charge in [-0.05, 0) is 66.4 Å². The van der Waals surface area contributed by atoms with Crippen molar-refractivity contribution < 1.29 is 9.31 Å². The summed E-state index contributed by atoms with van der Waals surface area (Å²) in [5.74, 6) is -0.332. The first-order valence-electron chi connectivity index (χ1n) is 16.0. The molecule has 0 aliphatic carbocycles. The first kappa shape index (κ1) is 32.9. The highest BCUT2D eigenvalue weighted by molar-refractivity contribution is 6.14. The van der Waals surface area contributed by atoms with E-state index in [1.807, 2.05) is 111 Å². The minimum absolute atomic E-state index is 0.0909. The van der Waals surface area contributed by atoms with Crippen LogP contribution in [0.1, 0.15) is 57.6 Å². The van der Waals surface area contributed by atoms with Crippen molar-refractivity contribution in [2.24, 2.45) is 0 Å². The molecule has 1 heterocycles. The fourth-order valence-electron chi connectivity index (χ4n) is 6.23. The fourth-order valence-corrected chi connectivity index (χ4v) is 6.23. The Morgan fingerprint density at radius 3 is 1.90 bits per heavy atom. The predicted octanol–water partition coefficient (Wildman–Crippen LogP) is 9.11. The van der Waals surface area contributed by atoms with E-state index in [1.165, 1.54) is 12.1 Å². The summed E-state index contributed by atoms with van der Waals surface area (Å²) >= 11 is 0. The molecular weight excluding hydrogens is 613 g/mol. The maximum Gasteiger partial charge on any atom is 0.275 e. The lowest BCUT2D eigenvalue weighted by molar-refractivity contribution is -0.385. The van der Waals surface area contributed by atoms with E-state index in [4.69, 9.17) is 0 Å². The molecule has 1 atom stereocenters. The van der Waals surface area contributed by atoms with Crippen molar-refractivity contribution in [3.63, 3.8) is 0 Å². The number of anilines is 1. The van der Waals surface area contributed by atoms with Crippen LogP contribution in [-0.4, -0.2) is 15.6 Å². The highest BCUT2D eigenvalue weighted by Gasteiger charge is 2.38. The van der Waals surface area contributed by atoms with E-state index >= 15 is 0 Å². The first-order chi connectivity index (χ1) is 23.8. The maximum atomic E-state index is 13.6. The number of aryl methyl sites for hydroxylation is 1. The number of nitrogens with zero attached hydrogens (tertiary/aromatic N) is 2. The van der Waals surface area contributed by atoms with E-state index in [2.05, 4.69) is 15.6 Å². The van der Waals surface area contributed by atoms with Gasteiger partial charge in [0.15, 0.2) is 0 Å². The molecule has 1 unspecified atom stereocenters. The van der Waals surface area contributed by atoms with Crippen molar-refractivity contribution in [3.05, 3.63) is 206 Å². The van der Waals surface area contributed by atoms with Gasteiger partial charge in [0.25, 0.3) is 5.69 Å². The normalized spacial score (nSPS) is 11.9. The highest BCUT2D eigenvalue weighted by atomic mass is 19.1. The third-order valence-corrected chi connectivity index (χ3v) is 8.78. The molecule has 0 fully saturated rings. The largest absolute Gasteiger partial charge is 0.367 e. The molecule has 6 aromatic rings. The second-order valence-corrected chi connectivity index (χ2v) is 12.0. The number of nitro benzene ring substituents is 1. The monoisotopic (exact) mass is 649 g/mol. The summed E-state index contributed by atoms with van der Waals surface area (Å²) in [7, 11) is 0. The summed E-state index contributed by atoms with van der Waals surface area (Å²) < 4.78 is 13.6. The molecule has 0 saturated heterocycles. The van der Waals surface area contributed by atoms with Gasteiger partial charge in [-0.15, -0.1) is 0 Å². The van der Waals surface area contributed by atoms with Crippen molar-refractivity contribution >= 4 is 17.1 Å². The standard InChI is InChI=1S/C41H36FN5O2/c1-28-24-31(22-23-44-28)40(43)37-25-32(27-45-29(2)30-18-20-36(42)21-19-30)39(47(48)49)26-38(37)46-41(33-12-6-3-7-13-33,34-14-8-4-9-15-34)35-16-10-5-11-17-35/h3-26,29,43,45-46H,27H2,1-2H3. The minimum atomic E-state index is -0.988. The van der Waals surface area contributed by atoms with E-state index in [9.17, 15) is 19.9 Å². The zero-order valence-electron chi connectivity index (χ0n) is 27.2. The van der Waals surface area contributed by atoms with Gasteiger partial charge < -0.3 is 10.6 Å². The third kappa shape index (κ3) is 7.00. The molecule has 49 heavy (non-hydrogen) atoms. The van der Waals surface area contributed by atoms with E-state index in [0.717, 1.165) is 27.9 Å². The van der Waals surface area contributed by atoms with Crippen LogP contribution < -0.4 is 10.6 Å². The molecule has 0 spiro atoms. The van der Waals surface area contributed by atoms with Gasteiger partial charge in [0.2, 0.25) is 0 Å². The summed E-state index contributed by atoms with van der Waals surface area (Å²) in [6.07, 6.45) is 1.66. The molecule has 0 aliphatic heterocycles. The van der Waals surface area contributed by atoms with Crippen molar-refractivity contribution in [1.29, 1.82) is 5.41 Å². The van der Waals surface area contributed by atoms with Gasteiger partial charge in [-0.3, -0.25) is 20.5 Å². The summed E-state index contributed by atoms with van der Waals surface area (Å²) in [5.41, 5.74) is 5.45. The van der Waals surface area contributed by atoms with Gasteiger partial charge in [0.1, 0.15) is 11.4 Å². The number of halogens is 1. The fraction of sp³-hybridized carbons (Fsp3) is 0.122. The predicted molar refractivity (Wildman–Crippen MR) is 192 cm³/mol. The van der Waals surface area contributed by atoms with Crippen molar-refractivity contribution in [3.8, 4) is 0 Å². The molecule has 3 N–H and O–H groups in total. The Labute approximate surface area is 285 Å². The number of rotatable bonds is 12. The Bertz CT molecular complexity index is 1970. The van der Waals surface area contributed by atoms with Gasteiger partial charge in [-0.1, -0.05) is 103 Å². The van der Waals surface area contributed by atoms with Crippen LogP contribution in [0.3, 0.4) is 0 Å². The summed E-state index contributed by atoms with van der Waals surface area (Å²) in [5, 5.41) is 29.4. The molecule has 7 nitrogen and oxygen atoms in total. The summed E-state index contributed by atoms with van der Waals surface area (Å²) in [6.45, 7) is 3.93. The van der Waals surface area contributed by atoms with Crippen molar-refractivity contribution in [1.82, 2.24) is 10.3 Å². The van der Waals surface area contributed by atoms with Crippen LogP contribution in [0.2, 0.25) is 0 Å². The quantitative estimate of drug-likeness (QED) is 0.0531. The zero-order chi connectivity index (χ0) is 34.4. The smallest absolute Gasteiger partial charge is 0.275 e. The number of benzene rings is 5. The SMILES string of the molecule is Cc1cc(C(=N)c2cc(CNC(C)c3ccc(F)cc3)c([N+](=O)[O-])cc2NC(c2ccccc2)(c2ccccc2)c2ccccc2)ccn1. The minimum Gasteiger partial charge on any atom is -0.367 e. The molecule has 1 aromatic heterocycles. The topological polar surface area (TPSA) is 104 Å². The molecule has 0 saturated carbocycles. The van der Waals surface area contributed by atoms with Crippen LogP contribution >= 0.6 is 0 Å². The van der Waals surface area contributed by atoms with Gasteiger partial charge in [0, 0.05) is 47.2 Å². The summed E-state index contributed by atoms with van der Waals surface area (Å²) in [6, 6.07) is 42.7. The van der Waals surface area contributed by atoms with Gasteiger partial charge in [0.05, 0.1) is 16.3 Å². The van der Waals surface area contributed by atoms with Crippen LogP contribution in [0.25, 0.3) is 0 Å². The summed E-state index contributed by atoms with van der Waals surface area (Å²) in [4.78, 5) is 16.7. The molecule has 244 valence electrons. The number of hydrogen-bond acceptors (Lipinski definition) is 6. The van der Waals surface area contributed by atoms with Crippen LogP contribution in [-0.2, 0) is 12.1 Å². The maximum absolute atomic E-state index is 13.6. The molecule has 8 heteroatoms. The Morgan fingerprint density at radius 1 is 0.837 bits per heavy atom. The molecule has 0 amide bonds. The van der Waals surface area contributed by atoms with E-state index in [-0.39, 0.29) is 34.7 Å².